The van der Waals surface area contributed by atoms with Gasteiger partial charge in [-0.25, -0.2) is 4.98 Å². The third-order valence-corrected chi connectivity index (χ3v) is 6.19. The van der Waals surface area contributed by atoms with Crippen molar-refractivity contribution in [3.05, 3.63) is 58.4 Å². The van der Waals surface area contributed by atoms with Gasteiger partial charge in [-0.1, -0.05) is 49.3 Å². The summed E-state index contributed by atoms with van der Waals surface area (Å²) in [6, 6.07) is 10.3. The second-order valence-corrected chi connectivity index (χ2v) is 8.60. The summed E-state index contributed by atoms with van der Waals surface area (Å²) in [4.78, 5) is 22.1. The summed E-state index contributed by atoms with van der Waals surface area (Å²) in [5, 5.41) is 7.20. The third-order valence-electron chi connectivity index (χ3n) is 5.24. The second kappa shape index (κ2) is 8.47. The fourth-order valence-corrected chi connectivity index (χ4v) is 4.45. The molecule has 0 unspecified atom stereocenters. The lowest BCUT2D eigenvalue weighted by Gasteiger charge is -2.34. The standard InChI is InChI=1S/C22H26N4O2S/c1-15(2)20-19(16(3)24-28-20)22(27)26-11-9-25(10-12-26)13-18-14-29-21(23-18)17-7-5-4-6-8-17/h4-8,14-15H,9-13H2,1-3H3. The molecular weight excluding hydrogens is 384 g/mol. The summed E-state index contributed by atoms with van der Waals surface area (Å²) in [6.07, 6.45) is 0. The highest BCUT2D eigenvalue weighted by molar-refractivity contribution is 7.13. The molecular formula is C22H26N4O2S. The van der Waals surface area contributed by atoms with E-state index in [9.17, 15) is 4.79 Å². The maximum absolute atomic E-state index is 13.0. The van der Waals surface area contributed by atoms with Crippen LogP contribution in [0.3, 0.4) is 0 Å². The van der Waals surface area contributed by atoms with Gasteiger partial charge in [0.05, 0.1) is 11.4 Å². The molecule has 0 saturated carbocycles. The number of benzene rings is 1. The number of carbonyl (C=O) groups is 1. The number of amides is 1. The Bertz CT molecular complexity index is 972. The smallest absolute Gasteiger partial charge is 0.259 e. The van der Waals surface area contributed by atoms with E-state index in [1.807, 2.05) is 43.9 Å². The first kappa shape index (κ1) is 19.8. The zero-order chi connectivity index (χ0) is 20.4. The minimum Gasteiger partial charge on any atom is -0.360 e. The molecule has 6 nitrogen and oxygen atoms in total. The van der Waals surface area contributed by atoms with Gasteiger partial charge in [-0.3, -0.25) is 9.69 Å². The zero-order valence-corrected chi connectivity index (χ0v) is 17.9. The number of rotatable bonds is 5. The van der Waals surface area contributed by atoms with Crippen molar-refractivity contribution in [2.24, 2.45) is 0 Å². The van der Waals surface area contributed by atoms with Crippen LogP contribution in [0.5, 0.6) is 0 Å². The van der Waals surface area contributed by atoms with Crippen LogP contribution in [0.1, 0.15) is 47.3 Å². The Morgan fingerprint density at radius 1 is 1.17 bits per heavy atom. The van der Waals surface area contributed by atoms with Crippen LogP contribution >= 0.6 is 11.3 Å². The van der Waals surface area contributed by atoms with E-state index in [0.29, 0.717) is 30.1 Å². The molecule has 1 aliphatic rings. The number of hydrogen-bond donors (Lipinski definition) is 0. The topological polar surface area (TPSA) is 62.5 Å². The lowest BCUT2D eigenvalue weighted by atomic mass is 10.0. The van der Waals surface area contributed by atoms with E-state index in [0.717, 1.165) is 35.9 Å². The molecule has 1 saturated heterocycles. The summed E-state index contributed by atoms with van der Waals surface area (Å²) in [7, 11) is 0. The maximum Gasteiger partial charge on any atom is 0.259 e. The van der Waals surface area contributed by atoms with E-state index >= 15 is 0 Å². The van der Waals surface area contributed by atoms with Crippen molar-refractivity contribution in [3.8, 4) is 10.6 Å². The minimum absolute atomic E-state index is 0.0344. The average Bonchev–Trinajstić information content (AvgIpc) is 3.35. The number of piperazine rings is 1. The predicted molar refractivity (Wildman–Crippen MR) is 114 cm³/mol. The molecule has 1 aromatic carbocycles. The van der Waals surface area contributed by atoms with E-state index in [4.69, 9.17) is 9.51 Å². The van der Waals surface area contributed by atoms with Crippen LogP contribution in [0.4, 0.5) is 0 Å². The Morgan fingerprint density at radius 3 is 2.59 bits per heavy atom. The summed E-state index contributed by atoms with van der Waals surface area (Å²) in [5.41, 5.74) is 3.56. The normalized spacial score (nSPS) is 15.2. The van der Waals surface area contributed by atoms with Gasteiger partial charge >= 0.3 is 0 Å². The lowest BCUT2D eigenvalue weighted by molar-refractivity contribution is 0.0624. The first-order valence-corrected chi connectivity index (χ1v) is 10.9. The van der Waals surface area contributed by atoms with Crippen molar-refractivity contribution in [1.29, 1.82) is 0 Å². The monoisotopic (exact) mass is 410 g/mol. The fourth-order valence-electron chi connectivity index (χ4n) is 3.63. The third kappa shape index (κ3) is 4.26. The number of nitrogens with zero attached hydrogens (tertiary/aromatic N) is 4. The molecule has 1 amide bonds. The van der Waals surface area contributed by atoms with E-state index in [1.54, 1.807) is 11.3 Å². The van der Waals surface area contributed by atoms with Crippen molar-refractivity contribution in [2.45, 2.75) is 33.2 Å². The molecule has 152 valence electrons. The van der Waals surface area contributed by atoms with Crippen molar-refractivity contribution in [1.82, 2.24) is 19.9 Å². The molecule has 1 fully saturated rings. The van der Waals surface area contributed by atoms with Crippen LogP contribution in [-0.4, -0.2) is 52.0 Å². The molecule has 0 bridgehead atoms. The summed E-state index contributed by atoms with van der Waals surface area (Å²) in [6.45, 7) is 9.78. The van der Waals surface area contributed by atoms with Crippen LogP contribution in [0.15, 0.2) is 40.2 Å². The number of aromatic nitrogens is 2. The fraction of sp³-hybridized carbons (Fsp3) is 0.409. The molecule has 7 heteroatoms. The van der Waals surface area contributed by atoms with Gasteiger partial charge in [0.15, 0.2) is 5.76 Å². The Hall–Kier alpha value is -2.51. The van der Waals surface area contributed by atoms with Crippen LogP contribution in [0.2, 0.25) is 0 Å². The molecule has 0 atom stereocenters. The van der Waals surface area contributed by atoms with Gasteiger partial charge in [0.2, 0.25) is 0 Å². The number of aryl methyl sites for hydroxylation is 1. The Labute approximate surface area is 175 Å². The van der Waals surface area contributed by atoms with Crippen molar-refractivity contribution < 1.29 is 9.32 Å². The molecule has 0 aliphatic carbocycles. The van der Waals surface area contributed by atoms with E-state index < -0.39 is 0 Å². The highest BCUT2D eigenvalue weighted by atomic mass is 32.1. The lowest BCUT2D eigenvalue weighted by Crippen LogP contribution is -2.48. The van der Waals surface area contributed by atoms with Gasteiger partial charge in [0.1, 0.15) is 10.6 Å². The average molecular weight is 411 g/mol. The SMILES string of the molecule is Cc1noc(C(C)C)c1C(=O)N1CCN(Cc2csc(-c3ccccc3)n2)CC1. The van der Waals surface area contributed by atoms with Gasteiger partial charge in [0, 0.05) is 49.6 Å². The second-order valence-electron chi connectivity index (χ2n) is 7.74. The van der Waals surface area contributed by atoms with Crippen LogP contribution in [0, 0.1) is 6.92 Å². The highest BCUT2D eigenvalue weighted by Crippen LogP contribution is 2.26. The summed E-state index contributed by atoms with van der Waals surface area (Å²) in [5.74, 6) is 0.859. The number of thiazole rings is 1. The highest BCUT2D eigenvalue weighted by Gasteiger charge is 2.29. The first-order chi connectivity index (χ1) is 14.0. The summed E-state index contributed by atoms with van der Waals surface area (Å²) < 4.78 is 5.39. The molecule has 0 spiro atoms. The number of carbonyl (C=O) groups excluding carboxylic acids is 1. The van der Waals surface area contributed by atoms with E-state index in [-0.39, 0.29) is 11.8 Å². The van der Waals surface area contributed by atoms with Gasteiger partial charge in [0.25, 0.3) is 5.91 Å². The van der Waals surface area contributed by atoms with Crippen molar-refractivity contribution in [2.75, 3.05) is 26.2 Å². The molecule has 4 rings (SSSR count). The molecule has 0 radical (unpaired) electrons. The van der Waals surface area contributed by atoms with Crippen LogP contribution in [-0.2, 0) is 6.54 Å². The largest absolute Gasteiger partial charge is 0.360 e. The van der Waals surface area contributed by atoms with Crippen LogP contribution < -0.4 is 0 Å². The van der Waals surface area contributed by atoms with E-state index in [2.05, 4.69) is 27.6 Å². The van der Waals surface area contributed by atoms with Crippen LogP contribution in [0.25, 0.3) is 10.6 Å². The number of hydrogen-bond acceptors (Lipinski definition) is 6. The van der Waals surface area contributed by atoms with Gasteiger partial charge in [-0.15, -0.1) is 11.3 Å². The van der Waals surface area contributed by atoms with E-state index in [1.165, 1.54) is 0 Å². The summed E-state index contributed by atoms with van der Waals surface area (Å²) >= 11 is 1.68. The molecule has 0 N–H and O–H groups in total. The Kier molecular flexibility index (Phi) is 5.78. The molecule has 1 aliphatic heterocycles. The van der Waals surface area contributed by atoms with Crippen molar-refractivity contribution in [3.63, 3.8) is 0 Å². The Balaban J connectivity index is 1.36. The molecule has 29 heavy (non-hydrogen) atoms. The predicted octanol–water partition coefficient (Wildman–Crippen LogP) is 4.19. The minimum atomic E-state index is 0.0344. The first-order valence-electron chi connectivity index (χ1n) is 10.0. The molecule has 3 aromatic rings. The van der Waals surface area contributed by atoms with Crippen molar-refractivity contribution >= 4 is 17.2 Å². The molecule has 3 heterocycles. The zero-order valence-electron chi connectivity index (χ0n) is 17.1. The van der Waals surface area contributed by atoms with Gasteiger partial charge in [-0.2, -0.15) is 0 Å². The molecule has 2 aromatic heterocycles. The quantitative estimate of drug-likeness (QED) is 0.631. The maximum atomic E-state index is 13.0. The van der Waals surface area contributed by atoms with Gasteiger partial charge in [-0.05, 0) is 6.92 Å². The van der Waals surface area contributed by atoms with Gasteiger partial charge < -0.3 is 9.42 Å². The Morgan fingerprint density at radius 2 is 1.90 bits per heavy atom.